The smallest absolute Gasteiger partial charge is 0.470 e. The normalized spacial score (nSPS) is 16.7. The van der Waals surface area contributed by atoms with Gasteiger partial charge in [0.2, 0.25) is 5.69 Å². The van der Waals surface area contributed by atoms with Gasteiger partial charge in [-0.1, -0.05) is 6.07 Å². The van der Waals surface area contributed by atoms with Crippen molar-refractivity contribution in [2.75, 3.05) is 13.1 Å². The maximum absolute atomic E-state index is 12.5. The van der Waals surface area contributed by atoms with Gasteiger partial charge in [0, 0.05) is 30.9 Å². The van der Waals surface area contributed by atoms with Crippen molar-refractivity contribution in [1.82, 2.24) is 14.9 Å². The molecule has 1 aromatic heterocycles. The third kappa shape index (κ3) is 4.63. The lowest BCUT2D eigenvalue weighted by atomic mass is 10.2. The number of rotatable bonds is 4. The van der Waals surface area contributed by atoms with Crippen LogP contribution in [0.15, 0.2) is 36.7 Å². The van der Waals surface area contributed by atoms with E-state index in [1.165, 1.54) is 29.4 Å². The van der Waals surface area contributed by atoms with Gasteiger partial charge >= 0.3 is 6.36 Å². The molecular formula is C17H13F3N4O3. The summed E-state index contributed by atoms with van der Waals surface area (Å²) in [5.41, 5.74) is 0.119. The molecule has 27 heavy (non-hydrogen) atoms. The molecule has 140 valence electrons. The SMILES string of the molecule is N#Cc1nccnc1OC1CCN(C(=O)c2cccc(OC(F)(F)F)c2)C1. The number of hydrogen-bond donors (Lipinski definition) is 0. The quantitative estimate of drug-likeness (QED) is 0.812. The van der Waals surface area contributed by atoms with E-state index in [0.717, 1.165) is 12.1 Å². The average Bonchev–Trinajstić information content (AvgIpc) is 3.09. The Morgan fingerprint density at radius 1 is 1.30 bits per heavy atom. The van der Waals surface area contributed by atoms with E-state index in [0.29, 0.717) is 13.0 Å². The molecule has 3 rings (SSSR count). The Kier molecular flexibility index (Phi) is 5.12. The topological polar surface area (TPSA) is 88.3 Å². The number of amides is 1. The van der Waals surface area contributed by atoms with E-state index in [4.69, 9.17) is 10.00 Å². The van der Waals surface area contributed by atoms with Gasteiger partial charge in [0.1, 0.15) is 17.9 Å². The number of ether oxygens (including phenoxy) is 2. The van der Waals surface area contributed by atoms with Gasteiger partial charge in [0.15, 0.2) is 0 Å². The van der Waals surface area contributed by atoms with Crippen molar-refractivity contribution in [3.63, 3.8) is 0 Å². The number of carbonyl (C=O) groups excluding carboxylic acids is 1. The molecule has 1 fully saturated rings. The zero-order chi connectivity index (χ0) is 19.4. The maximum Gasteiger partial charge on any atom is 0.573 e. The monoisotopic (exact) mass is 378 g/mol. The summed E-state index contributed by atoms with van der Waals surface area (Å²) >= 11 is 0. The van der Waals surface area contributed by atoms with Crippen molar-refractivity contribution in [2.24, 2.45) is 0 Å². The fraction of sp³-hybridized carbons (Fsp3) is 0.294. The predicted octanol–water partition coefficient (Wildman–Crippen LogP) is 2.54. The summed E-state index contributed by atoms with van der Waals surface area (Å²) < 4.78 is 46.5. The van der Waals surface area contributed by atoms with E-state index in [1.54, 1.807) is 0 Å². The van der Waals surface area contributed by atoms with Crippen LogP contribution in [0.5, 0.6) is 11.6 Å². The molecule has 1 aliphatic heterocycles. The molecule has 2 aromatic rings. The molecule has 10 heteroatoms. The molecule has 0 saturated carbocycles. The first kappa shape index (κ1) is 18.4. The van der Waals surface area contributed by atoms with Crippen LogP contribution in [0.25, 0.3) is 0 Å². The molecule has 0 bridgehead atoms. The summed E-state index contributed by atoms with van der Waals surface area (Å²) in [6, 6.07) is 6.76. The Morgan fingerprint density at radius 2 is 2.07 bits per heavy atom. The highest BCUT2D eigenvalue weighted by atomic mass is 19.4. The lowest BCUT2D eigenvalue weighted by Gasteiger charge is -2.17. The zero-order valence-electron chi connectivity index (χ0n) is 13.8. The van der Waals surface area contributed by atoms with Crippen molar-refractivity contribution < 1.29 is 27.4 Å². The second kappa shape index (κ2) is 7.49. The van der Waals surface area contributed by atoms with Gasteiger partial charge in [-0.3, -0.25) is 4.79 Å². The summed E-state index contributed by atoms with van der Waals surface area (Å²) in [5.74, 6) is -0.813. The van der Waals surface area contributed by atoms with Crippen LogP contribution in [0.2, 0.25) is 0 Å². The fourth-order valence-corrected chi connectivity index (χ4v) is 2.66. The Labute approximate surface area is 152 Å². The molecule has 0 aliphatic carbocycles. The number of benzene rings is 1. The van der Waals surface area contributed by atoms with Gasteiger partial charge < -0.3 is 14.4 Å². The lowest BCUT2D eigenvalue weighted by Crippen LogP contribution is -2.31. The molecule has 1 unspecified atom stereocenters. The second-order valence-corrected chi connectivity index (χ2v) is 5.68. The molecular weight excluding hydrogens is 365 g/mol. The number of halogens is 3. The summed E-state index contributed by atoms with van der Waals surface area (Å²) in [6.45, 7) is 0.570. The molecule has 1 aromatic carbocycles. The van der Waals surface area contributed by atoms with Gasteiger partial charge in [0.05, 0.1) is 6.54 Å². The highest BCUT2D eigenvalue weighted by molar-refractivity contribution is 5.94. The number of nitriles is 1. The summed E-state index contributed by atoms with van der Waals surface area (Å²) in [7, 11) is 0. The van der Waals surface area contributed by atoms with E-state index in [1.807, 2.05) is 6.07 Å². The number of carbonyl (C=O) groups is 1. The van der Waals surface area contributed by atoms with Crippen LogP contribution in [-0.4, -0.2) is 46.3 Å². The summed E-state index contributed by atoms with van der Waals surface area (Å²) in [6.07, 6.45) is -1.98. The lowest BCUT2D eigenvalue weighted by molar-refractivity contribution is -0.274. The summed E-state index contributed by atoms with van der Waals surface area (Å²) in [4.78, 5) is 21.8. The molecule has 0 spiro atoms. The highest BCUT2D eigenvalue weighted by Gasteiger charge is 2.32. The molecule has 1 saturated heterocycles. The third-order valence-electron chi connectivity index (χ3n) is 3.80. The van der Waals surface area contributed by atoms with Crippen molar-refractivity contribution in [3.05, 3.63) is 47.9 Å². The van der Waals surface area contributed by atoms with E-state index in [-0.39, 0.29) is 23.7 Å². The second-order valence-electron chi connectivity index (χ2n) is 5.68. The van der Waals surface area contributed by atoms with Crippen LogP contribution in [0, 0.1) is 11.3 Å². The Hall–Kier alpha value is -3.35. The largest absolute Gasteiger partial charge is 0.573 e. The molecule has 7 nitrogen and oxygen atoms in total. The minimum Gasteiger partial charge on any atom is -0.470 e. The fourth-order valence-electron chi connectivity index (χ4n) is 2.66. The maximum atomic E-state index is 12.5. The molecule has 1 aliphatic rings. The van der Waals surface area contributed by atoms with E-state index in [9.17, 15) is 18.0 Å². The predicted molar refractivity (Wildman–Crippen MR) is 84.8 cm³/mol. The molecule has 0 N–H and O–H groups in total. The summed E-state index contributed by atoms with van der Waals surface area (Å²) in [5, 5.41) is 9.00. The molecule has 1 amide bonds. The van der Waals surface area contributed by atoms with Gasteiger partial charge in [-0.05, 0) is 18.2 Å². The number of hydrogen-bond acceptors (Lipinski definition) is 6. The number of likely N-dealkylation sites (tertiary alicyclic amines) is 1. The minimum absolute atomic E-state index is 0.0410. The van der Waals surface area contributed by atoms with E-state index >= 15 is 0 Å². The molecule has 2 heterocycles. The average molecular weight is 378 g/mol. The molecule has 0 radical (unpaired) electrons. The van der Waals surface area contributed by atoms with Gasteiger partial charge in [-0.25, -0.2) is 9.97 Å². The van der Waals surface area contributed by atoms with Crippen molar-refractivity contribution in [1.29, 1.82) is 5.26 Å². The number of alkyl halides is 3. The van der Waals surface area contributed by atoms with Crippen molar-refractivity contribution in [3.8, 4) is 17.7 Å². The highest BCUT2D eigenvalue weighted by Crippen LogP contribution is 2.25. The first-order valence-corrected chi connectivity index (χ1v) is 7.88. The zero-order valence-corrected chi connectivity index (χ0v) is 13.8. The minimum atomic E-state index is -4.83. The Morgan fingerprint density at radius 3 is 2.81 bits per heavy atom. The van der Waals surface area contributed by atoms with E-state index in [2.05, 4.69) is 14.7 Å². The van der Waals surface area contributed by atoms with E-state index < -0.39 is 24.1 Å². The molecule has 1 atom stereocenters. The number of aromatic nitrogens is 2. The van der Waals surface area contributed by atoms with Crippen LogP contribution in [0.1, 0.15) is 22.5 Å². The first-order valence-electron chi connectivity index (χ1n) is 7.88. The standard InChI is InChI=1S/C17H13F3N4O3/c18-17(19,20)27-12-3-1-2-11(8-12)16(25)24-7-4-13(10-24)26-15-14(9-21)22-5-6-23-15/h1-3,5-6,8,13H,4,7,10H2. The Balaban J connectivity index is 1.66. The van der Waals surface area contributed by atoms with Crippen molar-refractivity contribution >= 4 is 5.91 Å². The van der Waals surface area contributed by atoms with Crippen molar-refractivity contribution in [2.45, 2.75) is 18.9 Å². The Bertz CT molecular complexity index is 882. The van der Waals surface area contributed by atoms with Gasteiger partial charge in [0.25, 0.3) is 11.8 Å². The third-order valence-corrected chi connectivity index (χ3v) is 3.80. The van der Waals surface area contributed by atoms with Gasteiger partial charge in [-0.2, -0.15) is 5.26 Å². The van der Waals surface area contributed by atoms with Crippen LogP contribution in [-0.2, 0) is 0 Å². The van der Waals surface area contributed by atoms with Crippen LogP contribution < -0.4 is 9.47 Å². The van der Waals surface area contributed by atoms with Crippen LogP contribution in [0.4, 0.5) is 13.2 Å². The van der Waals surface area contributed by atoms with Gasteiger partial charge in [-0.15, -0.1) is 13.2 Å². The van der Waals surface area contributed by atoms with Crippen LogP contribution in [0.3, 0.4) is 0 Å². The number of nitrogens with zero attached hydrogens (tertiary/aromatic N) is 4. The first-order chi connectivity index (χ1) is 12.9. The van der Waals surface area contributed by atoms with Crippen LogP contribution >= 0.6 is 0 Å².